The highest BCUT2D eigenvalue weighted by atomic mass is 35.5. The van der Waals surface area contributed by atoms with Crippen molar-refractivity contribution < 1.29 is 0 Å². The van der Waals surface area contributed by atoms with E-state index in [1.807, 2.05) is 18.2 Å². The average Bonchev–Trinajstić information content (AvgIpc) is 2.62. The van der Waals surface area contributed by atoms with Crippen LogP contribution in [0.1, 0.15) is 37.0 Å². The topological polar surface area (TPSA) is 38.1 Å². The van der Waals surface area contributed by atoms with Crippen LogP contribution in [0.15, 0.2) is 53.8 Å². The molecule has 0 spiro atoms. The molecule has 0 amide bonds. The minimum absolute atomic E-state index is 0.134. The van der Waals surface area contributed by atoms with E-state index in [1.54, 1.807) is 12.4 Å². The summed E-state index contributed by atoms with van der Waals surface area (Å²) in [5, 5.41) is 0.820. The van der Waals surface area contributed by atoms with Crippen molar-refractivity contribution in [1.82, 2.24) is 9.97 Å². The quantitative estimate of drug-likeness (QED) is 0.671. The zero-order valence-electron chi connectivity index (χ0n) is 13.8. The zero-order valence-corrected chi connectivity index (χ0v) is 14.5. The Morgan fingerprint density at radius 3 is 2.67 bits per heavy atom. The third kappa shape index (κ3) is 2.49. The fraction of sp³-hybridized carbons (Fsp3) is 0.250. The standard InChI is InChI=1S/C20H18ClN3/c1-3-20(2)12-15-14(5-4-6-16(15)21)19(24-20)13-7-8-17-18(11-13)23-10-9-22-17/h4-11H,3,12H2,1-2H3. The molecule has 1 atom stereocenters. The lowest BCUT2D eigenvalue weighted by Gasteiger charge is -2.32. The number of halogens is 1. The van der Waals surface area contributed by atoms with E-state index >= 15 is 0 Å². The molecule has 24 heavy (non-hydrogen) atoms. The monoisotopic (exact) mass is 335 g/mol. The second kappa shape index (κ2) is 5.67. The van der Waals surface area contributed by atoms with Crippen molar-refractivity contribution in [1.29, 1.82) is 0 Å². The molecule has 120 valence electrons. The Kier molecular flexibility index (Phi) is 3.61. The molecule has 1 aliphatic heterocycles. The van der Waals surface area contributed by atoms with Crippen molar-refractivity contribution in [2.75, 3.05) is 0 Å². The largest absolute Gasteiger partial charge is 0.277 e. The number of aromatic nitrogens is 2. The van der Waals surface area contributed by atoms with Crippen LogP contribution in [0.3, 0.4) is 0 Å². The maximum absolute atomic E-state index is 6.50. The van der Waals surface area contributed by atoms with Gasteiger partial charge in [0.1, 0.15) is 0 Å². The molecule has 0 saturated carbocycles. The third-order valence-corrected chi connectivity index (χ3v) is 5.17. The maximum atomic E-state index is 6.50. The lowest BCUT2D eigenvalue weighted by atomic mass is 9.82. The summed E-state index contributed by atoms with van der Waals surface area (Å²) >= 11 is 6.50. The number of nitrogens with zero attached hydrogens (tertiary/aromatic N) is 3. The fourth-order valence-corrected chi connectivity index (χ4v) is 3.49. The second-order valence-corrected chi connectivity index (χ2v) is 6.92. The van der Waals surface area contributed by atoms with Gasteiger partial charge in [-0.3, -0.25) is 15.0 Å². The molecular weight excluding hydrogens is 318 g/mol. The Balaban J connectivity index is 1.95. The number of hydrogen-bond acceptors (Lipinski definition) is 3. The summed E-state index contributed by atoms with van der Waals surface area (Å²) in [4.78, 5) is 13.9. The minimum atomic E-state index is -0.134. The maximum Gasteiger partial charge on any atom is 0.0893 e. The molecule has 2 aromatic carbocycles. The number of rotatable bonds is 2. The number of benzene rings is 2. The summed E-state index contributed by atoms with van der Waals surface area (Å²) in [5.74, 6) is 0. The fourth-order valence-electron chi connectivity index (χ4n) is 3.25. The summed E-state index contributed by atoms with van der Waals surface area (Å²) < 4.78 is 0. The van der Waals surface area contributed by atoms with Crippen molar-refractivity contribution in [2.24, 2.45) is 4.99 Å². The molecule has 0 radical (unpaired) electrons. The van der Waals surface area contributed by atoms with Gasteiger partial charge in [0.2, 0.25) is 0 Å². The molecule has 1 unspecified atom stereocenters. The van der Waals surface area contributed by atoms with E-state index in [1.165, 1.54) is 5.56 Å². The Morgan fingerprint density at radius 2 is 1.88 bits per heavy atom. The number of aliphatic imine (C=N–C) groups is 1. The molecule has 0 fully saturated rings. The van der Waals surface area contributed by atoms with Crippen molar-refractivity contribution in [3.63, 3.8) is 0 Å². The lowest BCUT2D eigenvalue weighted by molar-refractivity contribution is 0.448. The van der Waals surface area contributed by atoms with Gasteiger partial charge in [-0.25, -0.2) is 0 Å². The minimum Gasteiger partial charge on any atom is -0.277 e. The summed E-state index contributed by atoms with van der Waals surface area (Å²) in [5.41, 5.74) is 6.00. The Hall–Kier alpha value is -2.26. The van der Waals surface area contributed by atoms with E-state index in [2.05, 4.69) is 42.0 Å². The highest BCUT2D eigenvalue weighted by Gasteiger charge is 2.31. The molecule has 3 aromatic rings. The van der Waals surface area contributed by atoms with Gasteiger partial charge in [-0.15, -0.1) is 0 Å². The molecule has 1 aromatic heterocycles. The third-order valence-electron chi connectivity index (χ3n) is 4.82. The van der Waals surface area contributed by atoms with E-state index in [4.69, 9.17) is 16.6 Å². The van der Waals surface area contributed by atoms with Gasteiger partial charge in [0.25, 0.3) is 0 Å². The smallest absolute Gasteiger partial charge is 0.0893 e. The van der Waals surface area contributed by atoms with Crippen molar-refractivity contribution >= 4 is 28.3 Å². The Labute approximate surface area is 146 Å². The summed E-state index contributed by atoms with van der Waals surface area (Å²) in [7, 11) is 0. The van der Waals surface area contributed by atoms with Crippen LogP contribution in [0.4, 0.5) is 0 Å². The van der Waals surface area contributed by atoms with Crippen molar-refractivity contribution in [2.45, 2.75) is 32.2 Å². The summed E-state index contributed by atoms with van der Waals surface area (Å²) in [6, 6.07) is 12.2. The van der Waals surface area contributed by atoms with Gasteiger partial charge in [-0.05, 0) is 43.5 Å². The van der Waals surface area contributed by atoms with E-state index < -0.39 is 0 Å². The molecule has 3 nitrogen and oxygen atoms in total. The average molecular weight is 336 g/mol. The normalized spacial score (nSPS) is 19.9. The molecule has 1 aliphatic rings. The van der Waals surface area contributed by atoms with Gasteiger partial charge in [-0.1, -0.05) is 36.7 Å². The first kappa shape index (κ1) is 15.3. The first-order valence-corrected chi connectivity index (χ1v) is 8.56. The Morgan fingerprint density at radius 1 is 1.08 bits per heavy atom. The van der Waals surface area contributed by atoms with Crippen molar-refractivity contribution in [3.05, 3.63) is 70.5 Å². The summed E-state index contributed by atoms with van der Waals surface area (Å²) in [6.07, 6.45) is 5.27. The van der Waals surface area contributed by atoms with Gasteiger partial charge in [0.15, 0.2) is 0 Å². The van der Waals surface area contributed by atoms with Crippen LogP contribution in [0.5, 0.6) is 0 Å². The first-order chi connectivity index (χ1) is 11.6. The van der Waals surface area contributed by atoms with Crippen LogP contribution in [-0.4, -0.2) is 21.2 Å². The van der Waals surface area contributed by atoms with E-state index in [0.717, 1.165) is 45.7 Å². The van der Waals surface area contributed by atoms with E-state index in [0.29, 0.717) is 0 Å². The zero-order chi connectivity index (χ0) is 16.7. The van der Waals surface area contributed by atoms with Crippen molar-refractivity contribution in [3.8, 4) is 0 Å². The lowest BCUT2D eigenvalue weighted by Crippen LogP contribution is -2.32. The van der Waals surface area contributed by atoms with Gasteiger partial charge < -0.3 is 0 Å². The van der Waals surface area contributed by atoms with Crippen LogP contribution in [0.2, 0.25) is 5.02 Å². The molecule has 0 N–H and O–H groups in total. The molecule has 0 aliphatic carbocycles. The van der Waals surface area contributed by atoms with Crippen LogP contribution < -0.4 is 0 Å². The van der Waals surface area contributed by atoms with Gasteiger partial charge in [-0.2, -0.15) is 0 Å². The van der Waals surface area contributed by atoms with Crippen LogP contribution in [0, 0.1) is 0 Å². The number of hydrogen-bond donors (Lipinski definition) is 0. The first-order valence-electron chi connectivity index (χ1n) is 8.18. The van der Waals surface area contributed by atoms with E-state index in [-0.39, 0.29) is 5.54 Å². The molecular formula is C20H18ClN3. The second-order valence-electron chi connectivity index (χ2n) is 6.51. The van der Waals surface area contributed by atoms with Crippen LogP contribution >= 0.6 is 11.6 Å². The highest BCUT2D eigenvalue weighted by Crippen LogP contribution is 2.35. The van der Waals surface area contributed by atoms with E-state index in [9.17, 15) is 0 Å². The van der Waals surface area contributed by atoms with Crippen LogP contribution in [0.25, 0.3) is 11.0 Å². The SMILES string of the molecule is CCC1(C)Cc2c(Cl)cccc2C(c2ccc3nccnc3c2)=N1. The van der Waals surface area contributed by atoms with Crippen LogP contribution in [-0.2, 0) is 6.42 Å². The summed E-state index contributed by atoms with van der Waals surface area (Å²) in [6.45, 7) is 4.37. The number of fused-ring (bicyclic) bond motifs is 2. The molecule has 0 bridgehead atoms. The molecule has 4 rings (SSSR count). The van der Waals surface area contributed by atoms with Gasteiger partial charge in [0.05, 0.1) is 22.3 Å². The predicted molar refractivity (Wildman–Crippen MR) is 99.0 cm³/mol. The predicted octanol–water partition coefficient (Wildman–Crippen LogP) is 4.85. The molecule has 2 heterocycles. The molecule has 4 heteroatoms. The van der Waals surface area contributed by atoms with Gasteiger partial charge in [0, 0.05) is 28.5 Å². The van der Waals surface area contributed by atoms with Gasteiger partial charge >= 0.3 is 0 Å². The molecule has 0 saturated heterocycles. The highest BCUT2D eigenvalue weighted by molar-refractivity contribution is 6.32. The Bertz CT molecular complexity index is 964.